The van der Waals surface area contributed by atoms with Crippen LogP contribution in [-0.2, 0) is 30.8 Å². The fourth-order valence-electron chi connectivity index (χ4n) is 5.50. The number of anilines is 1. The molecule has 2 aromatic heterocycles. The third kappa shape index (κ3) is 4.94. The highest BCUT2D eigenvalue weighted by atomic mass is 16.1. The maximum absolute atomic E-state index is 13.9. The van der Waals surface area contributed by atoms with Gasteiger partial charge in [0.2, 0.25) is 5.91 Å². The van der Waals surface area contributed by atoms with E-state index in [9.17, 15) is 9.59 Å². The molecular formula is C31H32N4O2. The van der Waals surface area contributed by atoms with E-state index in [4.69, 9.17) is 4.98 Å². The zero-order chi connectivity index (χ0) is 25.5. The Morgan fingerprint density at radius 2 is 1.86 bits per heavy atom. The lowest BCUT2D eigenvalue weighted by molar-refractivity contribution is -0.114. The molecule has 3 heterocycles. The van der Waals surface area contributed by atoms with Crippen LogP contribution in [0, 0.1) is 12.8 Å². The summed E-state index contributed by atoms with van der Waals surface area (Å²) in [4.78, 5) is 32.4. The zero-order valence-corrected chi connectivity index (χ0v) is 21.5. The first-order chi connectivity index (χ1) is 17.9. The molecule has 0 atom stereocenters. The monoisotopic (exact) mass is 492 g/mol. The van der Waals surface area contributed by atoms with Crippen LogP contribution in [0.3, 0.4) is 0 Å². The van der Waals surface area contributed by atoms with Gasteiger partial charge in [0.25, 0.3) is 5.56 Å². The zero-order valence-electron chi connectivity index (χ0n) is 21.5. The van der Waals surface area contributed by atoms with E-state index in [1.54, 1.807) is 0 Å². The number of rotatable bonds is 6. The number of fused-ring (bicyclic) bond motifs is 2. The Labute approximate surface area is 217 Å². The fraction of sp³-hybridized carbons (Fsp3) is 0.323. The molecule has 2 aliphatic rings. The highest BCUT2D eigenvalue weighted by molar-refractivity contribution is 5.94. The summed E-state index contributed by atoms with van der Waals surface area (Å²) in [7, 11) is 0. The molecule has 6 rings (SSSR count). The number of amides is 1. The Kier molecular flexibility index (Phi) is 6.13. The average Bonchev–Trinajstić information content (AvgIpc) is 3.70. The van der Waals surface area contributed by atoms with Crippen molar-refractivity contribution in [1.29, 1.82) is 0 Å². The SMILES string of the molecule is CC(=O)Nc1ccc(CN2CCc3c(cc(-c4cccc5nc(C)ccc45)c(=O)n3CC3CC3)C2)cc1. The van der Waals surface area contributed by atoms with Crippen LogP contribution in [0.4, 0.5) is 5.69 Å². The standard InChI is InChI=1S/C31H32N4O2/c1-20-6-13-27-26(4-3-5-29(27)32-20)28-16-24-19-34(17-22-9-11-25(12-10-22)33-21(2)36)15-14-30(24)35(31(28)37)18-23-7-8-23/h3-6,9-13,16,23H,7-8,14-15,17-19H2,1-2H3,(H,33,36). The van der Waals surface area contributed by atoms with E-state index < -0.39 is 0 Å². The quantitative estimate of drug-likeness (QED) is 0.397. The molecule has 1 saturated carbocycles. The molecule has 1 aliphatic carbocycles. The van der Waals surface area contributed by atoms with Crippen LogP contribution in [0.2, 0.25) is 0 Å². The first kappa shape index (κ1) is 23.6. The fourth-order valence-corrected chi connectivity index (χ4v) is 5.50. The molecule has 1 fully saturated rings. The second kappa shape index (κ2) is 9.60. The summed E-state index contributed by atoms with van der Waals surface area (Å²) in [6.07, 6.45) is 3.30. The topological polar surface area (TPSA) is 67.2 Å². The predicted molar refractivity (Wildman–Crippen MR) is 147 cm³/mol. The minimum absolute atomic E-state index is 0.0643. The van der Waals surface area contributed by atoms with E-state index in [2.05, 4.69) is 45.1 Å². The largest absolute Gasteiger partial charge is 0.326 e. The normalized spacial score (nSPS) is 15.5. The van der Waals surface area contributed by atoms with Gasteiger partial charge in [-0.25, -0.2) is 0 Å². The van der Waals surface area contributed by atoms with E-state index in [0.717, 1.165) is 66.0 Å². The van der Waals surface area contributed by atoms with Crippen molar-refractivity contribution in [1.82, 2.24) is 14.5 Å². The summed E-state index contributed by atoms with van der Waals surface area (Å²) in [6, 6.07) is 20.4. The Bertz CT molecular complexity index is 1550. The molecule has 2 aromatic carbocycles. The van der Waals surface area contributed by atoms with Gasteiger partial charge in [0.1, 0.15) is 0 Å². The van der Waals surface area contributed by atoms with Crippen molar-refractivity contribution in [2.45, 2.75) is 52.7 Å². The Hall–Kier alpha value is -3.77. The first-order valence-electron chi connectivity index (χ1n) is 13.2. The molecule has 0 spiro atoms. The molecule has 188 valence electrons. The van der Waals surface area contributed by atoms with Crippen LogP contribution in [0.25, 0.3) is 22.0 Å². The van der Waals surface area contributed by atoms with Gasteiger partial charge < -0.3 is 9.88 Å². The van der Waals surface area contributed by atoms with Gasteiger partial charge in [-0.1, -0.05) is 30.3 Å². The van der Waals surface area contributed by atoms with E-state index >= 15 is 0 Å². The van der Waals surface area contributed by atoms with Crippen LogP contribution < -0.4 is 10.9 Å². The molecule has 4 aromatic rings. The second-order valence-corrected chi connectivity index (χ2v) is 10.6. The Balaban J connectivity index is 1.35. The van der Waals surface area contributed by atoms with E-state index in [0.29, 0.717) is 5.92 Å². The van der Waals surface area contributed by atoms with Crippen molar-refractivity contribution in [2.75, 3.05) is 11.9 Å². The number of hydrogen-bond donors (Lipinski definition) is 1. The lowest BCUT2D eigenvalue weighted by atomic mass is 9.96. The molecule has 1 aliphatic heterocycles. The molecule has 0 bridgehead atoms. The maximum atomic E-state index is 13.9. The third-order valence-corrected chi connectivity index (χ3v) is 7.53. The van der Waals surface area contributed by atoms with Crippen molar-refractivity contribution >= 4 is 22.5 Å². The van der Waals surface area contributed by atoms with Gasteiger partial charge in [-0.15, -0.1) is 0 Å². The second-order valence-electron chi connectivity index (χ2n) is 10.6. The number of aryl methyl sites for hydroxylation is 1. The number of hydrogen-bond acceptors (Lipinski definition) is 4. The van der Waals surface area contributed by atoms with Gasteiger partial charge in [0, 0.05) is 67.5 Å². The lowest BCUT2D eigenvalue weighted by Crippen LogP contribution is -2.36. The molecular weight excluding hydrogens is 460 g/mol. The summed E-state index contributed by atoms with van der Waals surface area (Å²) in [5.74, 6) is 0.555. The summed E-state index contributed by atoms with van der Waals surface area (Å²) in [6.45, 7) is 6.89. The van der Waals surface area contributed by atoms with Crippen molar-refractivity contribution in [2.24, 2.45) is 5.92 Å². The van der Waals surface area contributed by atoms with Gasteiger partial charge in [-0.3, -0.25) is 19.5 Å². The van der Waals surface area contributed by atoms with Gasteiger partial charge in [-0.2, -0.15) is 0 Å². The minimum atomic E-state index is -0.0643. The highest BCUT2D eigenvalue weighted by Crippen LogP contribution is 2.33. The molecule has 0 saturated heterocycles. The number of aromatic nitrogens is 2. The molecule has 0 unspecified atom stereocenters. The Morgan fingerprint density at radius 1 is 1.05 bits per heavy atom. The summed E-state index contributed by atoms with van der Waals surface area (Å²) < 4.78 is 2.09. The van der Waals surface area contributed by atoms with Crippen LogP contribution in [0.15, 0.2) is 65.5 Å². The van der Waals surface area contributed by atoms with Crippen molar-refractivity contribution in [3.63, 3.8) is 0 Å². The van der Waals surface area contributed by atoms with Crippen LogP contribution in [-0.4, -0.2) is 26.9 Å². The van der Waals surface area contributed by atoms with E-state index in [1.807, 2.05) is 37.3 Å². The smallest absolute Gasteiger partial charge is 0.258 e. The van der Waals surface area contributed by atoms with Gasteiger partial charge in [0.15, 0.2) is 0 Å². The number of carbonyl (C=O) groups excluding carboxylic acids is 1. The molecule has 0 radical (unpaired) electrons. The van der Waals surface area contributed by atoms with Crippen molar-refractivity contribution < 1.29 is 4.79 Å². The van der Waals surface area contributed by atoms with Gasteiger partial charge in [0.05, 0.1) is 5.52 Å². The molecule has 1 amide bonds. The molecule has 6 heteroatoms. The number of nitrogens with one attached hydrogen (secondary N) is 1. The van der Waals surface area contributed by atoms with Crippen molar-refractivity contribution in [3.8, 4) is 11.1 Å². The van der Waals surface area contributed by atoms with Crippen LogP contribution >= 0.6 is 0 Å². The van der Waals surface area contributed by atoms with Crippen LogP contribution in [0.1, 0.15) is 42.3 Å². The first-order valence-corrected chi connectivity index (χ1v) is 13.2. The van der Waals surface area contributed by atoms with Gasteiger partial charge >= 0.3 is 0 Å². The van der Waals surface area contributed by atoms with E-state index in [-0.39, 0.29) is 11.5 Å². The molecule has 6 nitrogen and oxygen atoms in total. The number of pyridine rings is 2. The highest BCUT2D eigenvalue weighted by Gasteiger charge is 2.28. The molecule has 1 N–H and O–H groups in total. The molecule has 37 heavy (non-hydrogen) atoms. The summed E-state index contributed by atoms with van der Waals surface area (Å²) in [5, 5.41) is 3.85. The van der Waals surface area contributed by atoms with E-state index in [1.165, 1.54) is 36.6 Å². The summed E-state index contributed by atoms with van der Waals surface area (Å²) in [5.41, 5.74) is 8.23. The average molecular weight is 493 g/mol. The number of nitrogens with zero attached hydrogens (tertiary/aromatic N) is 3. The number of benzene rings is 2. The maximum Gasteiger partial charge on any atom is 0.258 e. The lowest BCUT2D eigenvalue weighted by Gasteiger charge is -2.31. The predicted octanol–water partition coefficient (Wildman–Crippen LogP) is 5.30. The Morgan fingerprint density at radius 3 is 2.62 bits per heavy atom. The van der Waals surface area contributed by atoms with Crippen LogP contribution in [0.5, 0.6) is 0 Å². The third-order valence-electron chi connectivity index (χ3n) is 7.53. The minimum Gasteiger partial charge on any atom is -0.326 e. The number of carbonyl (C=O) groups is 1. The summed E-state index contributed by atoms with van der Waals surface area (Å²) >= 11 is 0. The van der Waals surface area contributed by atoms with Gasteiger partial charge in [-0.05, 0) is 72.7 Å². The van der Waals surface area contributed by atoms with Crippen molar-refractivity contribution in [3.05, 3.63) is 93.5 Å².